The maximum atomic E-state index is 10.3. The van der Waals surface area contributed by atoms with Gasteiger partial charge in [0.15, 0.2) is 6.10 Å². The topological polar surface area (TPSA) is 115 Å². The first-order chi connectivity index (χ1) is 5.00. The summed E-state index contributed by atoms with van der Waals surface area (Å²) >= 11 is 0. The zero-order valence-corrected chi connectivity index (χ0v) is 5.47. The number of ketones is 1. The number of carbonyl (C=O) groups is 2. The third kappa shape index (κ3) is 2.62. The molecule has 64 valence electrons. The molecule has 0 amide bonds. The molecule has 11 heavy (non-hydrogen) atoms. The second-order valence-electron chi connectivity index (χ2n) is 1.86. The summed E-state index contributed by atoms with van der Waals surface area (Å²) in [6.07, 6.45) is -3.80. The fourth-order valence-corrected chi connectivity index (χ4v) is 0.401. The van der Waals surface area contributed by atoms with Crippen LogP contribution in [0.2, 0.25) is 0 Å². The average Bonchev–Trinajstić information content (AvgIpc) is 2.00. The van der Waals surface area contributed by atoms with Crippen LogP contribution < -0.4 is 0 Å². The highest BCUT2D eigenvalue weighted by Gasteiger charge is 2.28. The molecule has 2 atom stereocenters. The maximum absolute atomic E-state index is 10.3. The van der Waals surface area contributed by atoms with Gasteiger partial charge in [-0.1, -0.05) is 0 Å². The van der Waals surface area contributed by atoms with Crippen LogP contribution in [0.3, 0.4) is 0 Å². The number of rotatable bonds is 4. The van der Waals surface area contributed by atoms with E-state index in [9.17, 15) is 9.59 Å². The minimum atomic E-state index is -2.06. The number of aliphatic hydroxyl groups excluding tert-OH is 3. The first kappa shape index (κ1) is 10.0. The van der Waals surface area contributed by atoms with Gasteiger partial charge >= 0.3 is 5.97 Å². The van der Waals surface area contributed by atoms with Gasteiger partial charge in [-0.25, -0.2) is 4.79 Å². The summed E-state index contributed by atoms with van der Waals surface area (Å²) in [7, 11) is 0. The second-order valence-corrected chi connectivity index (χ2v) is 1.86. The van der Waals surface area contributed by atoms with Crippen LogP contribution in [0.15, 0.2) is 0 Å². The highest BCUT2D eigenvalue weighted by atomic mass is 16.4. The Morgan fingerprint density at radius 1 is 1.27 bits per heavy atom. The Labute approximate surface area is 61.7 Å². The zero-order valence-electron chi connectivity index (χ0n) is 5.47. The van der Waals surface area contributed by atoms with Gasteiger partial charge in [-0.05, 0) is 0 Å². The van der Waals surface area contributed by atoms with Crippen LogP contribution in [0, 0.1) is 0 Å². The van der Waals surface area contributed by atoms with Gasteiger partial charge in [0.25, 0.3) is 5.78 Å². The Bertz CT molecular complexity index is 164. The predicted molar refractivity (Wildman–Crippen MR) is 31.7 cm³/mol. The molecule has 6 nitrogen and oxygen atoms in total. The van der Waals surface area contributed by atoms with Crippen molar-refractivity contribution in [3.8, 4) is 0 Å². The van der Waals surface area contributed by atoms with Crippen LogP contribution in [0.4, 0.5) is 0 Å². The predicted octanol–water partition coefficient (Wildman–Crippen LogP) is -2.65. The number of carboxylic acids is 1. The van der Waals surface area contributed by atoms with Crippen molar-refractivity contribution in [1.82, 2.24) is 0 Å². The van der Waals surface area contributed by atoms with E-state index >= 15 is 0 Å². The van der Waals surface area contributed by atoms with E-state index in [0.717, 1.165) is 0 Å². The lowest BCUT2D eigenvalue weighted by molar-refractivity contribution is -0.156. The monoisotopic (exact) mass is 164 g/mol. The lowest BCUT2D eigenvalue weighted by Crippen LogP contribution is -2.40. The van der Waals surface area contributed by atoms with Crippen molar-refractivity contribution < 1.29 is 30.0 Å². The Morgan fingerprint density at radius 3 is 2.00 bits per heavy atom. The van der Waals surface area contributed by atoms with E-state index in [0.29, 0.717) is 0 Å². The summed E-state index contributed by atoms with van der Waals surface area (Å²) in [6.45, 7) is -0.861. The molecule has 0 rings (SSSR count). The molecule has 2 unspecified atom stereocenters. The Kier molecular flexibility index (Phi) is 3.66. The molecule has 6 heteroatoms. The van der Waals surface area contributed by atoms with Crippen molar-refractivity contribution in [2.24, 2.45) is 0 Å². The molecule has 0 heterocycles. The van der Waals surface area contributed by atoms with Gasteiger partial charge in [0.05, 0.1) is 6.61 Å². The number of Topliss-reactive ketones (excluding diaryl/α,β-unsaturated/α-hetero) is 1. The number of aliphatic hydroxyl groups is 3. The van der Waals surface area contributed by atoms with E-state index in [4.69, 9.17) is 20.4 Å². The van der Waals surface area contributed by atoms with Gasteiger partial charge in [-0.15, -0.1) is 0 Å². The fourth-order valence-electron chi connectivity index (χ4n) is 0.401. The van der Waals surface area contributed by atoms with Crippen LogP contribution in [0.25, 0.3) is 0 Å². The zero-order chi connectivity index (χ0) is 9.02. The van der Waals surface area contributed by atoms with E-state index in [1.54, 1.807) is 0 Å². The smallest absolute Gasteiger partial charge is 0.375 e. The molecular weight excluding hydrogens is 156 g/mol. The van der Waals surface area contributed by atoms with E-state index < -0.39 is 30.6 Å². The van der Waals surface area contributed by atoms with Crippen LogP contribution >= 0.6 is 0 Å². The van der Waals surface area contributed by atoms with Crippen molar-refractivity contribution in [3.63, 3.8) is 0 Å². The van der Waals surface area contributed by atoms with Gasteiger partial charge in [0.1, 0.15) is 6.10 Å². The quantitative estimate of drug-likeness (QED) is 0.337. The van der Waals surface area contributed by atoms with Crippen LogP contribution in [0.5, 0.6) is 0 Å². The highest BCUT2D eigenvalue weighted by Crippen LogP contribution is 1.93. The fraction of sp³-hybridized carbons (Fsp3) is 0.600. The summed E-state index contributed by atoms with van der Waals surface area (Å²) in [6, 6.07) is 0. The lowest BCUT2D eigenvalue weighted by Gasteiger charge is -2.10. The molecule has 0 radical (unpaired) electrons. The van der Waals surface area contributed by atoms with Crippen molar-refractivity contribution in [2.45, 2.75) is 12.2 Å². The summed E-state index contributed by atoms with van der Waals surface area (Å²) in [5.74, 6) is -3.38. The van der Waals surface area contributed by atoms with Crippen LogP contribution in [0.1, 0.15) is 0 Å². The normalized spacial score (nSPS) is 15.5. The van der Waals surface area contributed by atoms with Gasteiger partial charge in [0, 0.05) is 0 Å². The van der Waals surface area contributed by atoms with Gasteiger partial charge in [0.2, 0.25) is 0 Å². The molecule has 0 aromatic carbocycles. The van der Waals surface area contributed by atoms with Crippen molar-refractivity contribution in [1.29, 1.82) is 0 Å². The highest BCUT2D eigenvalue weighted by molar-refractivity contribution is 6.34. The molecule has 0 spiro atoms. The molecule has 4 N–H and O–H groups in total. The van der Waals surface area contributed by atoms with Crippen LogP contribution in [-0.2, 0) is 9.59 Å². The van der Waals surface area contributed by atoms with E-state index in [2.05, 4.69) is 0 Å². The Balaban J connectivity index is 4.13. The standard InChI is InChI=1S/C5H8O6/c6-1-2(7)3(8)4(9)5(10)11/h2-3,6-8H,1H2,(H,10,11). The first-order valence-corrected chi connectivity index (χ1v) is 2.74. The molecule has 0 aliphatic heterocycles. The molecule has 0 fully saturated rings. The van der Waals surface area contributed by atoms with Gasteiger partial charge < -0.3 is 20.4 Å². The molecule has 0 aliphatic carbocycles. The maximum Gasteiger partial charge on any atom is 0.375 e. The van der Waals surface area contributed by atoms with Crippen LogP contribution in [-0.4, -0.2) is 51.0 Å². The number of carboxylic acid groups (broad SMARTS) is 1. The number of aliphatic carboxylic acids is 1. The summed E-state index contributed by atoms with van der Waals surface area (Å²) in [5, 5.41) is 33.4. The summed E-state index contributed by atoms with van der Waals surface area (Å²) < 4.78 is 0. The lowest BCUT2D eigenvalue weighted by atomic mass is 10.1. The van der Waals surface area contributed by atoms with Crippen molar-refractivity contribution in [3.05, 3.63) is 0 Å². The molecule has 0 saturated heterocycles. The summed E-state index contributed by atoms with van der Waals surface area (Å²) in [4.78, 5) is 20.2. The third-order valence-corrected chi connectivity index (χ3v) is 1.03. The molecule has 0 aliphatic rings. The molecule has 0 saturated carbocycles. The first-order valence-electron chi connectivity index (χ1n) is 2.74. The van der Waals surface area contributed by atoms with Gasteiger partial charge in [-0.2, -0.15) is 0 Å². The third-order valence-electron chi connectivity index (χ3n) is 1.03. The Hall–Kier alpha value is -0.980. The SMILES string of the molecule is O=C(O)C(=O)C(O)C(O)CO. The van der Waals surface area contributed by atoms with Crippen molar-refractivity contribution >= 4 is 11.8 Å². The Morgan fingerprint density at radius 2 is 1.73 bits per heavy atom. The minimum absolute atomic E-state index is 0.861. The second kappa shape index (κ2) is 4.02. The molecular formula is C5H8O6. The van der Waals surface area contributed by atoms with Gasteiger partial charge in [-0.3, -0.25) is 4.79 Å². The summed E-state index contributed by atoms with van der Waals surface area (Å²) in [5.41, 5.74) is 0. The molecule has 0 bridgehead atoms. The van der Waals surface area contributed by atoms with E-state index in [1.165, 1.54) is 0 Å². The largest absolute Gasteiger partial charge is 0.475 e. The molecule has 0 aromatic heterocycles. The number of hydrogen-bond acceptors (Lipinski definition) is 5. The number of hydrogen-bond donors (Lipinski definition) is 4. The van der Waals surface area contributed by atoms with E-state index in [-0.39, 0.29) is 0 Å². The number of carbonyl (C=O) groups excluding carboxylic acids is 1. The minimum Gasteiger partial charge on any atom is -0.475 e. The van der Waals surface area contributed by atoms with E-state index in [1.807, 2.05) is 0 Å². The van der Waals surface area contributed by atoms with Crippen molar-refractivity contribution in [2.75, 3.05) is 6.61 Å². The molecule has 0 aromatic rings. The average molecular weight is 164 g/mol.